The van der Waals surface area contributed by atoms with Crippen molar-refractivity contribution in [3.05, 3.63) is 12.7 Å². The van der Waals surface area contributed by atoms with Gasteiger partial charge in [0.05, 0.1) is 0 Å². The van der Waals surface area contributed by atoms with Gasteiger partial charge in [-0.25, -0.2) is 4.79 Å². The van der Waals surface area contributed by atoms with Crippen LogP contribution in [0.4, 0.5) is 4.79 Å². The Hall–Kier alpha value is -0.990. The van der Waals surface area contributed by atoms with Crippen LogP contribution in [0.2, 0.25) is 0 Å². The summed E-state index contributed by atoms with van der Waals surface area (Å²) in [6.07, 6.45) is 1.24. The van der Waals surface area contributed by atoms with Gasteiger partial charge in [0.1, 0.15) is 5.60 Å². The molecular weight excluding hydrogens is 154 g/mol. The molecule has 12 heavy (non-hydrogen) atoms. The third-order valence-corrected chi connectivity index (χ3v) is 1.10. The molecule has 0 radical (unpaired) electrons. The van der Waals surface area contributed by atoms with Crippen molar-refractivity contribution < 1.29 is 9.53 Å². The number of hydrogen-bond acceptors (Lipinski definition) is 2. The number of nitrogens with one attached hydrogen (secondary N) is 1. The Morgan fingerprint density at radius 2 is 2.08 bits per heavy atom. The minimum absolute atomic E-state index is 0.0557. The standard InChI is InChI=1S/C9H17NO2/c1-6-7(2)10-8(11)12-9(3,4)5/h6-7H,1H2,2-5H3,(H,10,11). The number of hydrogen-bond donors (Lipinski definition) is 1. The van der Waals surface area contributed by atoms with Crippen molar-refractivity contribution >= 4 is 6.09 Å². The first-order valence-corrected chi connectivity index (χ1v) is 3.97. The van der Waals surface area contributed by atoms with E-state index in [1.165, 1.54) is 0 Å². The topological polar surface area (TPSA) is 38.3 Å². The van der Waals surface area contributed by atoms with Crippen molar-refractivity contribution in [3.63, 3.8) is 0 Å². The summed E-state index contributed by atoms with van der Waals surface area (Å²) >= 11 is 0. The summed E-state index contributed by atoms with van der Waals surface area (Å²) in [7, 11) is 0. The Morgan fingerprint density at radius 1 is 1.58 bits per heavy atom. The van der Waals surface area contributed by atoms with Gasteiger partial charge in [0.25, 0.3) is 0 Å². The summed E-state index contributed by atoms with van der Waals surface area (Å²) in [5.41, 5.74) is -0.440. The summed E-state index contributed by atoms with van der Waals surface area (Å²) in [5, 5.41) is 2.61. The van der Waals surface area contributed by atoms with Gasteiger partial charge < -0.3 is 10.1 Å². The summed E-state index contributed by atoms with van der Waals surface area (Å²) in [6.45, 7) is 10.8. The summed E-state index contributed by atoms with van der Waals surface area (Å²) in [4.78, 5) is 11.0. The first-order valence-electron chi connectivity index (χ1n) is 3.97. The van der Waals surface area contributed by atoms with Crippen molar-refractivity contribution in [1.82, 2.24) is 5.32 Å². The minimum atomic E-state index is -0.440. The highest BCUT2D eigenvalue weighted by atomic mass is 16.6. The highest BCUT2D eigenvalue weighted by molar-refractivity contribution is 5.68. The maximum absolute atomic E-state index is 11.0. The van der Waals surface area contributed by atoms with Crippen LogP contribution in [0, 0.1) is 0 Å². The van der Waals surface area contributed by atoms with Gasteiger partial charge in [0, 0.05) is 6.04 Å². The Labute approximate surface area is 73.8 Å². The molecule has 0 fully saturated rings. The van der Waals surface area contributed by atoms with Gasteiger partial charge in [-0.15, -0.1) is 6.58 Å². The molecule has 0 aromatic rings. The van der Waals surface area contributed by atoms with Crippen molar-refractivity contribution in [2.24, 2.45) is 0 Å². The van der Waals surface area contributed by atoms with E-state index < -0.39 is 11.7 Å². The van der Waals surface area contributed by atoms with Crippen molar-refractivity contribution in [1.29, 1.82) is 0 Å². The fourth-order valence-corrected chi connectivity index (χ4v) is 0.552. The molecule has 0 heterocycles. The molecule has 0 spiro atoms. The van der Waals surface area contributed by atoms with Gasteiger partial charge in [-0.2, -0.15) is 0 Å². The second-order valence-corrected chi connectivity index (χ2v) is 3.67. The normalized spacial score (nSPS) is 13.3. The van der Waals surface area contributed by atoms with Crippen LogP contribution in [-0.4, -0.2) is 17.7 Å². The van der Waals surface area contributed by atoms with E-state index in [9.17, 15) is 4.79 Å². The van der Waals surface area contributed by atoms with Crippen LogP contribution in [0.15, 0.2) is 12.7 Å². The predicted octanol–water partition coefficient (Wildman–Crippen LogP) is 2.09. The van der Waals surface area contributed by atoms with E-state index in [-0.39, 0.29) is 6.04 Å². The van der Waals surface area contributed by atoms with E-state index in [1.54, 1.807) is 6.08 Å². The fourth-order valence-electron chi connectivity index (χ4n) is 0.552. The molecule has 0 saturated carbocycles. The molecule has 3 heteroatoms. The van der Waals surface area contributed by atoms with E-state index in [0.29, 0.717) is 0 Å². The molecule has 1 atom stereocenters. The Morgan fingerprint density at radius 3 is 2.42 bits per heavy atom. The fraction of sp³-hybridized carbons (Fsp3) is 0.667. The molecular formula is C9H17NO2. The van der Waals surface area contributed by atoms with E-state index in [4.69, 9.17) is 4.74 Å². The lowest BCUT2D eigenvalue weighted by Crippen LogP contribution is -2.36. The lowest BCUT2D eigenvalue weighted by molar-refractivity contribution is 0.0518. The lowest BCUT2D eigenvalue weighted by Gasteiger charge is -2.20. The average molecular weight is 171 g/mol. The number of carbonyl (C=O) groups is 1. The zero-order valence-electron chi connectivity index (χ0n) is 8.18. The van der Waals surface area contributed by atoms with Gasteiger partial charge in [-0.05, 0) is 27.7 Å². The number of rotatable bonds is 2. The van der Waals surface area contributed by atoms with Crippen LogP contribution in [0.5, 0.6) is 0 Å². The zero-order valence-corrected chi connectivity index (χ0v) is 8.18. The lowest BCUT2D eigenvalue weighted by atomic mass is 10.2. The van der Waals surface area contributed by atoms with Gasteiger partial charge in [0.15, 0.2) is 0 Å². The molecule has 0 saturated heterocycles. The van der Waals surface area contributed by atoms with Crippen molar-refractivity contribution in [2.45, 2.75) is 39.3 Å². The first kappa shape index (κ1) is 11.0. The zero-order chi connectivity index (χ0) is 9.78. The smallest absolute Gasteiger partial charge is 0.408 e. The molecule has 3 nitrogen and oxygen atoms in total. The maximum Gasteiger partial charge on any atom is 0.408 e. The van der Waals surface area contributed by atoms with Gasteiger partial charge in [-0.1, -0.05) is 6.08 Å². The van der Waals surface area contributed by atoms with Crippen molar-refractivity contribution in [2.75, 3.05) is 0 Å². The molecule has 0 aliphatic heterocycles. The Bertz CT molecular complexity index is 170. The summed E-state index contributed by atoms with van der Waals surface area (Å²) < 4.78 is 5.01. The Kier molecular flexibility index (Phi) is 3.80. The van der Waals surface area contributed by atoms with E-state index in [2.05, 4.69) is 11.9 Å². The third kappa shape index (κ3) is 5.77. The minimum Gasteiger partial charge on any atom is -0.444 e. The highest BCUT2D eigenvalue weighted by Crippen LogP contribution is 2.06. The molecule has 0 rings (SSSR count). The largest absolute Gasteiger partial charge is 0.444 e. The number of alkyl carbamates (subject to hydrolysis) is 1. The molecule has 0 aromatic carbocycles. The first-order chi connectivity index (χ1) is 5.35. The van der Waals surface area contributed by atoms with Gasteiger partial charge in [0.2, 0.25) is 0 Å². The SMILES string of the molecule is C=CC(C)NC(=O)OC(C)(C)C. The van der Waals surface area contributed by atoms with Crippen LogP contribution >= 0.6 is 0 Å². The molecule has 1 N–H and O–H groups in total. The average Bonchev–Trinajstić information content (AvgIpc) is 1.82. The molecule has 1 amide bonds. The van der Waals surface area contributed by atoms with Crippen LogP contribution in [0.25, 0.3) is 0 Å². The molecule has 0 aliphatic carbocycles. The highest BCUT2D eigenvalue weighted by Gasteiger charge is 2.16. The molecule has 0 bridgehead atoms. The van der Waals surface area contributed by atoms with E-state index in [1.807, 2.05) is 27.7 Å². The van der Waals surface area contributed by atoms with E-state index >= 15 is 0 Å². The van der Waals surface area contributed by atoms with Gasteiger partial charge in [-0.3, -0.25) is 0 Å². The maximum atomic E-state index is 11.0. The number of ether oxygens (including phenoxy) is 1. The van der Waals surface area contributed by atoms with Gasteiger partial charge >= 0.3 is 6.09 Å². The quantitative estimate of drug-likeness (QED) is 0.646. The van der Waals surface area contributed by atoms with Crippen LogP contribution in [0.1, 0.15) is 27.7 Å². The Balaban J connectivity index is 3.82. The molecule has 0 aromatic heterocycles. The predicted molar refractivity (Wildman–Crippen MR) is 49.0 cm³/mol. The van der Waals surface area contributed by atoms with Crippen LogP contribution in [-0.2, 0) is 4.74 Å². The van der Waals surface area contributed by atoms with E-state index in [0.717, 1.165) is 0 Å². The van der Waals surface area contributed by atoms with Crippen molar-refractivity contribution in [3.8, 4) is 0 Å². The molecule has 1 unspecified atom stereocenters. The summed E-state index contributed by atoms with van der Waals surface area (Å²) in [6, 6.07) is -0.0557. The third-order valence-electron chi connectivity index (χ3n) is 1.10. The second kappa shape index (κ2) is 4.14. The number of amides is 1. The molecule has 70 valence electrons. The monoisotopic (exact) mass is 171 g/mol. The summed E-state index contributed by atoms with van der Waals surface area (Å²) in [5.74, 6) is 0. The second-order valence-electron chi connectivity index (χ2n) is 3.67. The number of carbonyl (C=O) groups excluding carboxylic acids is 1. The van der Waals surface area contributed by atoms with Crippen LogP contribution < -0.4 is 5.32 Å². The molecule has 0 aliphatic rings. The van der Waals surface area contributed by atoms with Crippen LogP contribution in [0.3, 0.4) is 0 Å².